The van der Waals surface area contributed by atoms with Crippen LogP contribution in [0.1, 0.15) is 47.6 Å². The van der Waals surface area contributed by atoms with E-state index < -0.39 is 0 Å². The zero-order chi connectivity index (χ0) is 18.8. The van der Waals surface area contributed by atoms with Gasteiger partial charge in [0.1, 0.15) is 23.2 Å². The molecular weight excluding hydrogens is 558 g/mol. The zero-order valence-electron chi connectivity index (χ0n) is 14.4. The number of fused-ring (bicyclic) bond motifs is 1. The molecule has 0 spiro atoms. The second-order valence-corrected chi connectivity index (χ2v) is 8.29. The second-order valence-electron chi connectivity index (χ2n) is 5.97. The number of phenolic OH excluding ortho intramolecular Hbond substituents is 1. The average molecular weight is 576 g/mol. The minimum absolute atomic E-state index is 0.126. The van der Waals surface area contributed by atoms with Gasteiger partial charge in [0, 0.05) is 18.1 Å². The van der Waals surface area contributed by atoms with Gasteiger partial charge in [0.25, 0.3) is 0 Å². The lowest BCUT2D eigenvalue weighted by atomic mass is 9.97. The van der Waals surface area contributed by atoms with Crippen LogP contribution in [0.4, 0.5) is 0 Å². The standard InChI is InChI=1S/C20H18I2O4/c1-3-6-16(25-2)20-17(12-7-4-5-8-15(12)26-20)18(23)11-9-13(21)19(24)14(22)10-11/h4-5,7-10,16,24H,3,6H2,1-2H3/t16-/m1/s1. The molecule has 1 heterocycles. The number of halogens is 2. The summed E-state index contributed by atoms with van der Waals surface area (Å²) in [5.74, 6) is 0.637. The molecule has 2 aromatic carbocycles. The molecule has 136 valence electrons. The summed E-state index contributed by atoms with van der Waals surface area (Å²) in [7, 11) is 1.63. The monoisotopic (exact) mass is 576 g/mol. The van der Waals surface area contributed by atoms with E-state index in [0.29, 0.717) is 29.6 Å². The number of hydrogen-bond acceptors (Lipinski definition) is 4. The molecule has 0 saturated carbocycles. The van der Waals surface area contributed by atoms with Crippen molar-refractivity contribution in [3.8, 4) is 5.75 Å². The van der Waals surface area contributed by atoms with E-state index in [9.17, 15) is 9.90 Å². The van der Waals surface area contributed by atoms with E-state index in [0.717, 1.165) is 18.2 Å². The molecule has 0 radical (unpaired) electrons. The predicted octanol–water partition coefficient (Wildman–Crippen LogP) is 6.07. The molecule has 26 heavy (non-hydrogen) atoms. The normalized spacial score (nSPS) is 12.5. The molecule has 0 aliphatic heterocycles. The van der Waals surface area contributed by atoms with Crippen molar-refractivity contribution in [2.75, 3.05) is 7.11 Å². The fourth-order valence-corrected chi connectivity index (χ4v) is 4.75. The molecule has 1 N–H and O–H groups in total. The van der Waals surface area contributed by atoms with Gasteiger partial charge in [-0.25, -0.2) is 0 Å². The second kappa shape index (κ2) is 8.26. The van der Waals surface area contributed by atoms with Gasteiger partial charge in [-0.3, -0.25) is 4.79 Å². The Morgan fingerprint density at radius 3 is 2.50 bits per heavy atom. The minimum Gasteiger partial charge on any atom is -0.506 e. The van der Waals surface area contributed by atoms with Crippen molar-refractivity contribution in [3.63, 3.8) is 0 Å². The van der Waals surface area contributed by atoms with Gasteiger partial charge in [0.2, 0.25) is 0 Å². The number of aromatic hydroxyl groups is 1. The van der Waals surface area contributed by atoms with Crippen LogP contribution < -0.4 is 0 Å². The molecule has 6 heteroatoms. The predicted molar refractivity (Wildman–Crippen MR) is 118 cm³/mol. The zero-order valence-corrected chi connectivity index (χ0v) is 18.7. The van der Waals surface area contributed by atoms with Crippen molar-refractivity contribution in [1.29, 1.82) is 0 Å². The Hall–Kier alpha value is -1.13. The third-order valence-electron chi connectivity index (χ3n) is 4.26. The first kappa shape index (κ1) is 19.6. The van der Waals surface area contributed by atoms with E-state index in [1.807, 2.05) is 69.4 Å². The SMILES string of the molecule is CCC[C@@H](OC)c1oc2ccccc2c1C(=O)c1cc(I)c(O)c(I)c1. The summed E-state index contributed by atoms with van der Waals surface area (Å²) in [5, 5.41) is 10.8. The molecule has 3 rings (SSSR count). The number of ketones is 1. The number of furan rings is 1. The number of ether oxygens (including phenoxy) is 1. The van der Waals surface area contributed by atoms with Gasteiger partial charge < -0.3 is 14.3 Å². The summed E-state index contributed by atoms with van der Waals surface area (Å²) in [6.07, 6.45) is 1.40. The summed E-state index contributed by atoms with van der Waals surface area (Å²) in [5.41, 5.74) is 1.74. The molecule has 1 aromatic heterocycles. The van der Waals surface area contributed by atoms with Gasteiger partial charge in [-0.15, -0.1) is 0 Å². The van der Waals surface area contributed by atoms with Crippen LogP contribution in [0.15, 0.2) is 40.8 Å². The number of phenols is 1. The fraction of sp³-hybridized carbons (Fsp3) is 0.250. The van der Waals surface area contributed by atoms with Gasteiger partial charge in [0.15, 0.2) is 5.78 Å². The maximum Gasteiger partial charge on any atom is 0.197 e. The summed E-state index contributed by atoms with van der Waals surface area (Å²) in [6, 6.07) is 10.9. The fourth-order valence-electron chi connectivity index (χ4n) is 2.98. The van der Waals surface area contributed by atoms with Crippen LogP contribution >= 0.6 is 45.2 Å². The molecule has 0 amide bonds. The molecule has 0 aliphatic rings. The van der Waals surface area contributed by atoms with Crippen LogP contribution in [0.3, 0.4) is 0 Å². The lowest BCUT2D eigenvalue weighted by Crippen LogP contribution is -2.09. The molecule has 4 nitrogen and oxygen atoms in total. The van der Waals surface area contributed by atoms with Crippen LogP contribution in [0.5, 0.6) is 5.75 Å². The van der Waals surface area contributed by atoms with Crippen LogP contribution in [0.25, 0.3) is 11.0 Å². The Bertz CT molecular complexity index is 939. The van der Waals surface area contributed by atoms with Gasteiger partial charge in [-0.05, 0) is 69.8 Å². The van der Waals surface area contributed by atoms with Crippen LogP contribution in [-0.2, 0) is 4.74 Å². The molecular formula is C20H18I2O4. The van der Waals surface area contributed by atoms with Crippen LogP contribution in [-0.4, -0.2) is 18.0 Å². The van der Waals surface area contributed by atoms with E-state index in [1.54, 1.807) is 19.2 Å². The van der Waals surface area contributed by atoms with Gasteiger partial charge in [-0.1, -0.05) is 31.5 Å². The third kappa shape index (κ3) is 3.63. The van der Waals surface area contributed by atoms with E-state index in [-0.39, 0.29) is 17.6 Å². The van der Waals surface area contributed by atoms with Gasteiger partial charge in [-0.2, -0.15) is 0 Å². The highest BCUT2D eigenvalue weighted by Gasteiger charge is 2.27. The summed E-state index contributed by atoms with van der Waals surface area (Å²) >= 11 is 4.07. The van der Waals surface area contributed by atoms with Crippen molar-refractivity contribution in [3.05, 3.63) is 60.4 Å². The van der Waals surface area contributed by atoms with E-state index >= 15 is 0 Å². The maximum absolute atomic E-state index is 13.4. The Labute approximate surface area is 179 Å². The first-order valence-electron chi connectivity index (χ1n) is 8.24. The molecule has 0 unspecified atom stereocenters. The number of benzene rings is 2. The average Bonchev–Trinajstić information content (AvgIpc) is 3.02. The van der Waals surface area contributed by atoms with Crippen LogP contribution in [0, 0.1) is 7.14 Å². The molecule has 3 aromatic rings. The third-order valence-corrected chi connectivity index (χ3v) is 5.90. The van der Waals surface area contributed by atoms with Crippen LogP contribution in [0.2, 0.25) is 0 Å². The van der Waals surface area contributed by atoms with E-state index in [2.05, 4.69) is 6.92 Å². The molecule has 0 bridgehead atoms. The van der Waals surface area contributed by atoms with Gasteiger partial charge in [0.05, 0.1) is 12.7 Å². The lowest BCUT2D eigenvalue weighted by Gasteiger charge is -2.14. The first-order valence-corrected chi connectivity index (χ1v) is 10.4. The number of rotatable bonds is 6. The van der Waals surface area contributed by atoms with Crippen molar-refractivity contribution in [2.24, 2.45) is 0 Å². The highest BCUT2D eigenvalue weighted by molar-refractivity contribution is 14.1. The Kier molecular flexibility index (Phi) is 6.24. The molecule has 1 atom stereocenters. The largest absolute Gasteiger partial charge is 0.506 e. The highest BCUT2D eigenvalue weighted by Crippen LogP contribution is 2.36. The Morgan fingerprint density at radius 2 is 1.88 bits per heavy atom. The Balaban J connectivity index is 2.21. The molecule has 0 fully saturated rings. The number of carbonyl (C=O) groups excluding carboxylic acids is 1. The van der Waals surface area contributed by atoms with E-state index in [4.69, 9.17) is 9.15 Å². The minimum atomic E-state index is -0.276. The smallest absolute Gasteiger partial charge is 0.197 e. The quantitative estimate of drug-likeness (QED) is 0.286. The van der Waals surface area contributed by atoms with Crippen molar-refractivity contribution in [2.45, 2.75) is 25.9 Å². The van der Waals surface area contributed by atoms with Crippen molar-refractivity contribution >= 4 is 61.9 Å². The number of hydrogen-bond donors (Lipinski definition) is 1. The highest BCUT2D eigenvalue weighted by atomic mass is 127. The topological polar surface area (TPSA) is 59.7 Å². The number of methoxy groups -OCH3 is 1. The summed E-state index contributed by atoms with van der Waals surface area (Å²) in [4.78, 5) is 13.4. The molecule has 0 saturated heterocycles. The van der Waals surface area contributed by atoms with Gasteiger partial charge >= 0.3 is 0 Å². The summed E-state index contributed by atoms with van der Waals surface area (Å²) < 4.78 is 12.9. The maximum atomic E-state index is 13.4. The lowest BCUT2D eigenvalue weighted by molar-refractivity contribution is 0.0753. The van der Waals surface area contributed by atoms with Crippen molar-refractivity contribution < 1.29 is 19.1 Å². The molecule has 0 aliphatic carbocycles. The number of para-hydroxylation sites is 1. The number of carbonyl (C=O) groups is 1. The van der Waals surface area contributed by atoms with Crippen molar-refractivity contribution in [1.82, 2.24) is 0 Å². The van der Waals surface area contributed by atoms with E-state index in [1.165, 1.54) is 0 Å². The first-order chi connectivity index (χ1) is 12.5. The summed E-state index contributed by atoms with van der Waals surface area (Å²) in [6.45, 7) is 2.07. The Morgan fingerprint density at radius 1 is 1.23 bits per heavy atom.